The van der Waals surface area contributed by atoms with Gasteiger partial charge in [-0.15, -0.1) is 11.6 Å². The van der Waals surface area contributed by atoms with E-state index in [-0.39, 0.29) is 6.61 Å². The molecule has 0 aromatic carbocycles. The maximum absolute atomic E-state index is 13.0. The maximum Gasteiger partial charge on any atom is 0.344 e. The summed E-state index contributed by atoms with van der Waals surface area (Å²) in [5.41, 5.74) is 0. The van der Waals surface area contributed by atoms with E-state index in [4.69, 9.17) is 16.3 Å². The van der Waals surface area contributed by atoms with Gasteiger partial charge in [0, 0.05) is 6.08 Å². The number of carbonyl (C=O) groups is 1. The van der Waals surface area contributed by atoms with Gasteiger partial charge in [-0.3, -0.25) is 0 Å². The van der Waals surface area contributed by atoms with Crippen LogP contribution < -0.4 is 0 Å². The van der Waals surface area contributed by atoms with Gasteiger partial charge in [-0.25, -0.2) is 9.18 Å². The minimum atomic E-state index is -0.625. The lowest BCUT2D eigenvalue weighted by atomic mass is 10.1. The highest BCUT2D eigenvalue weighted by atomic mass is 35.5. The molecule has 0 heterocycles. The summed E-state index contributed by atoms with van der Waals surface area (Å²) < 4.78 is 22.7. The minimum Gasteiger partial charge on any atom is -0.482 e. The van der Waals surface area contributed by atoms with Crippen LogP contribution in [-0.4, -0.2) is 24.6 Å². The first-order valence-corrected chi connectivity index (χ1v) is 5.07. The normalized spacial score (nSPS) is 20.3. The van der Waals surface area contributed by atoms with Crippen LogP contribution in [0, 0.1) is 0 Å². The van der Waals surface area contributed by atoms with Gasteiger partial charge in [-0.2, -0.15) is 0 Å². The second kappa shape index (κ2) is 5.75. The van der Waals surface area contributed by atoms with Crippen molar-refractivity contribution in [3.63, 3.8) is 0 Å². The Morgan fingerprint density at radius 1 is 1.73 bits per heavy atom. The summed E-state index contributed by atoms with van der Waals surface area (Å²) in [6, 6.07) is 0. The van der Waals surface area contributed by atoms with E-state index in [1.54, 1.807) is 13.0 Å². The van der Waals surface area contributed by atoms with Crippen molar-refractivity contribution in [1.82, 2.24) is 0 Å². The highest BCUT2D eigenvalue weighted by molar-refractivity contribution is 6.22. The van der Waals surface area contributed by atoms with E-state index in [1.807, 2.05) is 0 Å². The first-order valence-electron chi connectivity index (χ1n) is 4.63. The molecule has 0 bridgehead atoms. The number of alkyl halides is 1. The van der Waals surface area contributed by atoms with Crippen LogP contribution in [-0.2, 0) is 14.3 Å². The topological polar surface area (TPSA) is 35.5 Å². The van der Waals surface area contributed by atoms with Gasteiger partial charge in [-0.05, 0) is 19.4 Å². The van der Waals surface area contributed by atoms with Crippen LogP contribution in [0.25, 0.3) is 0 Å². The number of halogens is 2. The molecule has 84 valence electrons. The largest absolute Gasteiger partial charge is 0.482 e. The van der Waals surface area contributed by atoms with Crippen LogP contribution >= 0.6 is 11.6 Å². The Kier molecular flexibility index (Phi) is 4.62. The van der Waals surface area contributed by atoms with E-state index in [9.17, 15) is 9.18 Å². The van der Waals surface area contributed by atoms with Crippen molar-refractivity contribution in [3.8, 4) is 0 Å². The molecular formula is C10H12ClFO3. The Bertz CT molecular complexity index is 299. The molecule has 1 atom stereocenters. The van der Waals surface area contributed by atoms with E-state index < -0.39 is 17.2 Å². The van der Waals surface area contributed by atoms with Crippen LogP contribution in [0.1, 0.15) is 13.3 Å². The van der Waals surface area contributed by atoms with E-state index >= 15 is 0 Å². The maximum atomic E-state index is 13.0. The van der Waals surface area contributed by atoms with Crippen molar-refractivity contribution in [2.24, 2.45) is 0 Å². The van der Waals surface area contributed by atoms with E-state index in [0.717, 1.165) is 0 Å². The molecule has 1 aliphatic carbocycles. The number of rotatable bonds is 4. The van der Waals surface area contributed by atoms with Gasteiger partial charge in [0.25, 0.3) is 0 Å². The molecule has 1 rings (SSSR count). The fraction of sp³-hybridized carbons (Fsp3) is 0.500. The Hall–Kier alpha value is -1.03. The highest BCUT2D eigenvalue weighted by Gasteiger charge is 2.16. The van der Waals surface area contributed by atoms with Crippen molar-refractivity contribution in [3.05, 3.63) is 23.7 Å². The summed E-state index contributed by atoms with van der Waals surface area (Å²) in [5.74, 6) is -0.601. The fourth-order valence-corrected chi connectivity index (χ4v) is 1.22. The standard InChI is InChI=1S/C10H12ClFO3/c1-2-14-10(13)6-15-7-3-4-8(11)9(12)5-7/h3,5,8H,2,4,6H2,1H3. The average molecular weight is 235 g/mol. The molecular weight excluding hydrogens is 223 g/mol. The van der Waals surface area contributed by atoms with Gasteiger partial charge < -0.3 is 9.47 Å². The molecule has 1 unspecified atom stereocenters. The number of carbonyl (C=O) groups excluding carboxylic acids is 1. The molecule has 15 heavy (non-hydrogen) atoms. The number of ether oxygens (including phenoxy) is 2. The first-order chi connectivity index (χ1) is 7.13. The number of esters is 1. The van der Waals surface area contributed by atoms with Crippen LogP contribution in [0.2, 0.25) is 0 Å². The molecule has 5 heteroatoms. The lowest BCUT2D eigenvalue weighted by Gasteiger charge is -2.13. The summed E-state index contributed by atoms with van der Waals surface area (Å²) in [5, 5.41) is -0.625. The zero-order chi connectivity index (χ0) is 11.3. The number of hydrogen-bond donors (Lipinski definition) is 0. The Labute approximate surface area is 92.5 Å². The monoisotopic (exact) mass is 234 g/mol. The third-order valence-corrected chi connectivity index (χ3v) is 2.15. The lowest BCUT2D eigenvalue weighted by molar-refractivity contribution is -0.146. The predicted octanol–water partition coefficient (Wildman–Crippen LogP) is 2.31. The summed E-state index contributed by atoms with van der Waals surface area (Å²) in [6.07, 6.45) is 3.18. The predicted molar refractivity (Wildman–Crippen MR) is 54.1 cm³/mol. The van der Waals surface area contributed by atoms with Crippen molar-refractivity contribution >= 4 is 17.6 Å². The van der Waals surface area contributed by atoms with E-state index in [2.05, 4.69) is 4.74 Å². The quantitative estimate of drug-likeness (QED) is 0.553. The van der Waals surface area contributed by atoms with Gasteiger partial charge in [-0.1, -0.05) is 0 Å². The molecule has 0 aromatic rings. The fourth-order valence-electron chi connectivity index (χ4n) is 1.06. The number of allylic oxidation sites excluding steroid dienone is 3. The van der Waals surface area contributed by atoms with Gasteiger partial charge in [0.15, 0.2) is 6.61 Å². The molecule has 0 saturated heterocycles. The molecule has 0 spiro atoms. The third kappa shape index (κ3) is 3.91. The Morgan fingerprint density at radius 2 is 2.47 bits per heavy atom. The van der Waals surface area contributed by atoms with Crippen molar-refractivity contribution in [1.29, 1.82) is 0 Å². The molecule has 0 aromatic heterocycles. The first kappa shape index (κ1) is 12.0. The van der Waals surface area contributed by atoms with Crippen molar-refractivity contribution < 1.29 is 18.7 Å². The molecule has 0 aliphatic heterocycles. The van der Waals surface area contributed by atoms with E-state index in [0.29, 0.717) is 18.8 Å². The second-order valence-corrected chi connectivity index (χ2v) is 3.46. The number of hydrogen-bond acceptors (Lipinski definition) is 3. The Balaban J connectivity index is 2.38. The smallest absolute Gasteiger partial charge is 0.344 e. The molecule has 0 saturated carbocycles. The van der Waals surface area contributed by atoms with Gasteiger partial charge in [0.05, 0.1) is 12.0 Å². The Morgan fingerprint density at radius 3 is 3.07 bits per heavy atom. The zero-order valence-electron chi connectivity index (χ0n) is 8.33. The summed E-state index contributed by atoms with van der Waals surface area (Å²) >= 11 is 5.61. The molecule has 0 N–H and O–H groups in total. The molecule has 0 fully saturated rings. The van der Waals surface area contributed by atoms with Crippen LogP contribution in [0.3, 0.4) is 0 Å². The van der Waals surface area contributed by atoms with Crippen molar-refractivity contribution in [2.45, 2.75) is 18.7 Å². The third-order valence-electron chi connectivity index (χ3n) is 1.77. The van der Waals surface area contributed by atoms with Crippen LogP contribution in [0.4, 0.5) is 4.39 Å². The summed E-state index contributed by atoms with van der Waals surface area (Å²) in [7, 11) is 0. The van der Waals surface area contributed by atoms with Gasteiger partial charge in [0.2, 0.25) is 0 Å². The second-order valence-electron chi connectivity index (χ2n) is 2.93. The minimum absolute atomic E-state index is 0.212. The molecule has 3 nitrogen and oxygen atoms in total. The molecule has 0 amide bonds. The SMILES string of the molecule is CCOC(=O)COC1=CCC(Cl)C(F)=C1. The average Bonchev–Trinajstić information content (AvgIpc) is 2.20. The molecule has 0 radical (unpaired) electrons. The van der Waals surface area contributed by atoms with Crippen LogP contribution in [0.15, 0.2) is 23.7 Å². The summed E-state index contributed by atoms with van der Waals surface area (Å²) in [4.78, 5) is 10.9. The summed E-state index contributed by atoms with van der Waals surface area (Å²) in [6.45, 7) is 1.79. The van der Waals surface area contributed by atoms with Crippen molar-refractivity contribution in [2.75, 3.05) is 13.2 Å². The lowest BCUT2D eigenvalue weighted by Crippen LogP contribution is -2.13. The van der Waals surface area contributed by atoms with Crippen LogP contribution in [0.5, 0.6) is 0 Å². The van der Waals surface area contributed by atoms with Gasteiger partial charge in [0.1, 0.15) is 11.6 Å². The van der Waals surface area contributed by atoms with E-state index in [1.165, 1.54) is 6.08 Å². The molecule has 1 aliphatic rings. The zero-order valence-corrected chi connectivity index (χ0v) is 9.09. The highest BCUT2D eigenvalue weighted by Crippen LogP contribution is 2.23. The van der Waals surface area contributed by atoms with Gasteiger partial charge >= 0.3 is 5.97 Å².